The van der Waals surface area contributed by atoms with E-state index in [-0.39, 0.29) is 5.91 Å². The van der Waals surface area contributed by atoms with Gasteiger partial charge in [-0.25, -0.2) is 4.79 Å². The minimum absolute atomic E-state index is 0.207. The maximum absolute atomic E-state index is 12.1. The SMILES string of the molecule is CCOC(=O)c1ccc(NC(=O)c2sccc2Br)c(Br)c1. The second-order valence-electron chi connectivity index (χ2n) is 3.97. The van der Waals surface area contributed by atoms with Crippen LogP contribution in [0.15, 0.2) is 38.6 Å². The predicted octanol–water partition coefficient (Wildman–Crippen LogP) is 4.70. The van der Waals surface area contributed by atoms with Crippen LogP contribution in [-0.2, 0) is 4.74 Å². The first kappa shape index (κ1) is 16.2. The number of halogens is 2. The summed E-state index contributed by atoms with van der Waals surface area (Å²) in [6.45, 7) is 2.07. The van der Waals surface area contributed by atoms with Crippen molar-refractivity contribution in [1.29, 1.82) is 0 Å². The van der Waals surface area contributed by atoms with E-state index in [4.69, 9.17) is 4.74 Å². The van der Waals surface area contributed by atoms with Gasteiger partial charge in [-0.1, -0.05) is 0 Å². The van der Waals surface area contributed by atoms with E-state index in [0.717, 1.165) is 4.47 Å². The van der Waals surface area contributed by atoms with Crippen molar-refractivity contribution >= 4 is 60.8 Å². The summed E-state index contributed by atoms with van der Waals surface area (Å²) in [4.78, 5) is 24.3. The molecule has 1 aromatic carbocycles. The van der Waals surface area contributed by atoms with Crippen molar-refractivity contribution in [3.63, 3.8) is 0 Å². The van der Waals surface area contributed by atoms with Gasteiger partial charge in [0.2, 0.25) is 0 Å². The number of amides is 1. The van der Waals surface area contributed by atoms with Gasteiger partial charge in [0, 0.05) is 8.95 Å². The van der Waals surface area contributed by atoms with Crippen LogP contribution in [0.1, 0.15) is 27.0 Å². The van der Waals surface area contributed by atoms with Crippen LogP contribution >= 0.6 is 43.2 Å². The molecule has 1 heterocycles. The van der Waals surface area contributed by atoms with E-state index in [9.17, 15) is 9.59 Å². The number of anilines is 1. The minimum atomic E-state index is -0.392. The van der Waals surface area contributed by atoms with E-state index in [0.29, 0.717) is 27.2 Å². The molecule has 7 heteroatoms. The number of esters is 1. The zero-order chi connectivity index (χ0) is 15.4. The lowest BCUT2D eigenvalue weighted by Crippen LogP contribution is -2.12. The summed E-state index contributed by atoms with van der Waals surface area (Å²) < 4.78 is 6.30. The molecule has 0 saturated heterocycles. The van der Waals surface area contributed by atoms with E-state index in [2.05, 4.69) is 37.2 Å². The lowest BCUT2D eigenvalue weighted by molar-refractivity contribution is 0.0526. The maximum Gasteiger partial charge on any atom is 0.338 e. The van der Waals surface area contributed by atoms with Crippen LogP contribution in [0.2, 0.25) is 0 Å². The topological polar surface area (TPSA) is 55.4 Å². The molecule has 0 spiro atoms. The smallest absolute Gasteiger partial charge is 0.338 e. The molecule has 0 aliphatic carbocycles. The molecule has 0 bridgehead atoms. The highest BCUT2D eigenvalue weighted by Crippen LogP contribution is 2.27. The van der Waals surface area contributed by atoms with Crippen LogP contribution in [-0.4, -0.2) is 18.5 Å². The number of ether oxygens (including phenoxy) is 1. The van der Waals surface area contributed by atoms with E-state index < -0.39 is 5.97 Å². The molecule has 110 valence electrons. The van der Waals surface area contributed by atoms with Gasteiger partial charge in [-0.2, -0.15) is 0 Å². The molecule has 0 aliphatic rings. The van der Waals surface area contributed by atoms with Crippen molar-refractivity contribution in [3.05, 3.63) is 49.0 Å². The average Bonchev–Trinajstić information content (AvgIpc) is 2.87. The van der Waals surface area contributed by atoms with Gasteiger partial charge in [0.25, 0.3) is 5.91 Å². The predicted molar refractivity (Wildman–Crippen MR) is 90.1 cm³/mol. The van der Waals surface area contributed by atoms with Crippen LogP contribution < -0.4 is 5.32 Å². The number of hydrogen-bond donors (Lipinski definition) is 1. The number of benzene rings is 1. The summed E-state index contributed by atoms with van der Waals surface area (Å²) in [5, 5.41) is 4.63. The first-order chi connectivity index (χ1) is 10.0. The normalized spacial score (nSPS) is 10.2. The Morgan fingerprint density at radius 1 is 1.24 bits per heavy atom. The van der Waals surface area contributed by atoms with Crippen LogP contribution in [0.5, 0.6) is 0 Å². The Kier molecular flexibility index (Phi) is 5.55. The van der Waals surface area contributed by atoms with Crippen molar-refractivity contribution in [3.8, 4) is 0 Å². The lowest BCUT2D eigenvalue weighted by atomic mass is 10.2. The third-order valence-electron chi connectivity index (χ3n) is 2.55. The number of rotatable bonds is 4. The van der Waals surface area contributed by atoms with Crippen LogP contribution in [0.3, 0.4) is 0 Å². The fourth-order valence-corrected chi connectivity index (χ4v) is 3.52. The van der Waals surface area contributed by atoms with Gasteiger partial charge in [-0.05, 0) is 68.4 Å². The molecular weight excluding hydrogens is 422 g/mol. The van der Waals surface area contributed by atoms with Gasteiger partial charge < -0.3 is 10.1 Å². The standard InChI is InChI=1S/C14H11Br2NO3S/c1-2-20-14(19)8-3-4-11(10(16)7-8)17-13(18)12-9(15)5-6-21-12/h3-7H,2H2,1H3,(H,17,18). The van der Waals surface area contributed by atoms with Gasteiger partial charge in [0.05, 0.1) is 17.9 Å². The Morgan fingerprint density at radius 3 is 2.57 bits per heavy atom. The van der Waals surface area contributed by atoms with E-state index in [1.165, 1.54) is 11.3 Å². The number of carbonyl (C=O) groups excluding carboxylic acids is 2. The van der Waals surface area contributed by atoms with Crippen molar-refractivity contribution < 1.29 is 14.3 Å². The highest BCUT2D eigenvalue weighted by molar-refractivity contribution is 9.11. The first-order valence-electron chi connectivity index (χ1n) is 6.04. The molecule has 1 aromatic heterocycles. The molecule has 0 radical (unpaired) electrons. The molecule has 21 heavy (non-hydrogen) atoms. The number of hydrogen-bond acceptors (Lipinski definition) is 4. The molecule has 4 nitrogen and oxygen atoms in total. The van der Waals surface area contributed by atoms with Gasteiger partial charge in [0.15, 0.2) is 0 Å². The molecule has 0 saturated carbocycles. The summed E-state index contributed by atoms with van der Waals surface area (Å²) in [6, 6.07) is 6.72. The van der Waals surface area contributed by atoms with E-state index in [1.54, 1.807) is 25.1 Å². The molecule has 1 amide bonds. The molecule has 0 aliphatic heterocycles. The Bertz CT molecular complexity index is 685. The van der Waals surface area contributed by atoms with Gasteiger partial charge >= 0.3 is 5.97 Å². The summed E-state index contributed by atoms with van der Waals surface area (Å²) in [7, 11) is 0. The Labute approximate surface area is 142 Å². The maximum atomic E-state index is 12.1. The molecule has 2 rings (SSSR count). The highest BCUT2D eigenvalue weighted by Gasteiger charge is 2.14. The van der Waals surface area contributed by atoms with Crippen molar-refractivity contribution in [1.82, 2.24) is 0 Å². The number of thiophene rings is 1. The molecule has 0 unspecified atom stereocenters. The average molecular weight is 433 g/mol. The van der Waals surface area contributed by atoms with Crippen LogP contribution in [0, 0.1) is 0 Å². The quantitative estimate of drug-likeness (QED) is 0.712. The monoisotopic (exact) mass is 431 g/mol. The van der Waals surface area contributed by atoms with Gasteiger partial charge in [-0.3, -0.25) is 4.79 Å². The van der Waals surface area contributed by atoms with Crippen LogP contribution in [0.25, 0.3) is 0 Å². The molecular formula is C14H11Br2NO3S. The number of nitrogens with one attached hydrogen (secondary N) is 1. The minimum Gasteiger partial charge on any atom is -0.462 e. The van der Waals surface area contributed by atoms with Crippen molar-refractivity contribution in [2.45, 2.75) is 6.92 Å². The van der Waals surface area contributed by atoms with Crippen molar-refractivity contribution in [2.75, 3.05) is 11.9 Å². The Morgan fingerprint density at radius 2 is 2.00 bits per heavy atom. The molecule has 2 aromatic rings. The van der Waals surface area contributed by atoms with Gasteiger partial charge in [-0.15, -0.1) is 11.3 Å². The second kappa shape index (κ2) is 7.20. The van der Waals surface area contributed by atoms with Crippen molar-refractivity contribution in [2.24, 2.45) is 0 Å². The first-order valence-corrected chi connectivity index (χ1v) is 8.50. The fourth-order valence-electron chi connectivity index (χ4n) is 1.59. The van der Waals surface area contributed by atoms with E-state index >= 15 is 0 Å². The summed E-state index contributed by atoms with van der Waals surface area (Å²) in [6.07, 6.45) is 0. The summed E-state index contributed by atoms with van der Waals surface area (Å²) in [5.74, 6) is -0.599. The number of carbonyl (C=O) groups is 2. The molecule has 1 N–H and O–H groups in total. The zero-order valence-electron chi connectivity index (χ0n) is 11.0. The third-order valence-corrected chi connectivity index (χ3v) is 5.04. The van der Waals surface area contributed by atoms with Gasteiger partial charge in [0.1, 0.15) is 4.88 Å². The zero-order valence-corrected chi connectivity index (χ0v) is 15.0. The lowest BCUT2D eigenvalue weighted by Gasteiger charge is -2.08. The molecule has 0 atom stereocenters. The Balaban J connectivity index is 2.16. The summed E-state index contributed by atoms with van der Waals surface area (Å²) >= 11 is 8.02. The highest BCUT2D eigenvalue weighted by atomic mass is 79.9. The third kappa shape index (κ3) is 3.93. The fraction of sp³-hybridized carbons (Fsp3) is 0.143. The second-order valence-corrected chi connectivity index (χ2v) is 6.59. The largest absolute Gasteiger partial charge is 0.462 e. The van der Waals surface area contributed by atoms with Crippen LogP contribution in [0.4, 0.5) is 5.69 Å². The Hall–Kier alpha value is -1.18. The molecule has 0 fully saturated rings. The summed E-state index contributed by atoms with van der Waals surface area (Å²) in [5.41, 5.74) is 1.02. The van der Waals surface area contributed by atoms with E-state index in [1.807, 2.05) is 11.4 Å².